The first-order chi connectivity index (χ1) is 9.82. The molecule has 0 unspecified atom stereocenters. The van der Waals surface area contributed by atoms with Gasteiger partial charge < -0.3 is 0 Å². The summed E-state index contributed by atoms with van der Waals surface area (Å²) in [5.41, 5.74) is 4.07. The van der Waals surface area contributed by atoms with Crippen LogP contribution in [0.1, 0.15) is 27.4 Å². The van der Waals surface area contributed by atoms with E-state index in [-0.39, 0.29) is 11.3 Å². The van der Waals surface area contributed by atoms with Crippen molar-refractivity contribution in [1.29, 1.82) is 0 Å². The highest BCUT2D eigenvalue weighted by Gasteiger charge is 2.17. The molecule has 2 heterocycles. The van der Waals surface area contributed by atoms with Crippen molar-refractivity contribution in [2.24, 2.45) is 19.2 Å². The average molecular weight is 357 g/mol. The minimum Gasteiger partial charge on any atom is -0.271 e. The number of halogens is 2. The lowest BCUT2D eigenvalue weighted by Gasteiger charge is -1.96. The zero-order valence-corrected chi connectivity index (χ0v) is 13.6. The summed E-state index contributed by atoms with van der Waals surface area (Å²) in [5, 5.41) is 11.7. The van der Waals surface area contributed by atoms with Gasteiger partial charge in [0.1, 0.15) is 0 Å². The summed E-state index contributed by atoms with van der Waals surface area (Å²) in [6.45, 7) is 3.48. The number of nitrogens with zero attached hydrogens (tertiary/aromatic N) is 5. The van der Waals surface area contributed by atoms with Crippen molar-refractivity contribution in [3.8, 4) is 0 Å². The zero-order chi connectivity index (χ0) is 15.7. The molecule has 9 heteroatoms. The Kier molecular flexibility index (Phi) is 4.21. The molecule has 112 valence electrons. The Labute approximate surface area is 129 Å². The Hall–Kier alpha value is -2.03. The Morgan fingerprint density at radius 3 is 2.48 bits per heavy atom. The van der Waals surface area contributed by atoms with Crippen molar-refractivity contribution >= 4 is 28.1 Å². The van der Waals surface area contributed by atoms with Gasteiger partial charge in [-0.15, -0.1) is 0 Å². The fourth-order valence-electron chi connectivity index (χ4n) is 1.73. The Morgan fingerprint density at radius 1 is 1.33 bits per heavy atom. The number of nitrogens with one attached hydrogen (secondary N) is 1. The van der Waals surface area contributed by atoms with Crippen molar-refractivity contribution in [1.82, 2.24) is 25.0 Å². The lowest BCUT2D eigenvalue weighted by atomic mass is 10.3. The molecule has 0 spiro atoms. The van der Waals surface area contributed by atoms with Crippen LogP contribution in [0.15, 0.2) is 9.57 Å². The molecule has 1 amide bonds. The van der Waals surface area contributed by atoms with Gasteiger partial charge in [-0.25, -0.2) is 10.1 Å². The number of carbonyl (C=O) groups is 1. The SMILES string of the molecule is Cc1nn(C)c(F)c1/C=N/NC(=O)c1nn(C)c(C)c1Br. The van der Waals surface area contributed by atoms with Gasteiger partial charge in [-0.05, 0) is 29.8 Å². The Morgan fingerprint density at radius 2 is 2.00 bits per heavy atom. The van der Waals surface area contributed by atoms with Crippen LogP contribution in [0.5, 0.6) is 0 Å². The molecule has 0 bridgehead atoms. The van der Waals surface area contributed by atoms with Crippen molar-refractivity contribution in [3.63, 3.8) is 0 Å². The van der Waals surface area contributed by atoms with Crippen molar-refractivity contribution in [3.05, 3.63) is 33.1 Å². The first-order valence-electron chi connectivity index (χ1n) is 6.04. The van der Waals surface area contributed by atoms with Gasteiger partial charge in [0.25, 0.3) is 5.91 Å². The molecule has 21 heavy (non-hydrogen) atoms. The van der Waals surface area contributed by atoms with Crippen molar-refractivity contribution < 1.29 is 9.18 Å². The fourth-order valence-corrected chi connectivity index (χ4v) is 2.24. The third-order valence-corrected chi connectivity index (χ3v) is 3.98. The van der Waals surface area contributed by atoms with Gasteiger partial charge in [-0.2, -0.15) is 19.7 Å². The Balaban J connectivity index is 2.14. The second-order valence-corrected chi connectivity index (χ2v) is 5.28. The van der Waals surface area contributed by atoms with Crippen LogP contribution >= 0.6 is 15.9 Å². The van der Waals surface area contributed by atoms with Gasteiger partial charge in [0, 0.05) is 14.1 Å². The number of aryl methyl sites for hydroxylation is 3. The largest absolute Gasteiger partial charge is 0.293 e. The molecular formula is C12H14BrFN6O. The minimum absolute atomic E-state index is 0.218. The predicted octanol–water partition coefficient (Wildman–Crippen LogP) is 1.44. The summed E-state index contributed by atoms with van der Waals surface area (Å²) < 4.78 is 16.9. The maximum absolute atomic E-state index is 13.7. The van der Waals surface area contributed by atoms with E-state index < -0.39 is 11.9 Å². The van der Waals surface area contributed by atoms with E-state index in [1.54, 1.807) is 18.7 Å². The van der Waals surface area contributed by atoms with E-state index in [9.17, 15) is 9.18 Å². The average Bonchev–Trinajstić information content (AvgIpc) is 2.83. The van der Waals surface area contributed by atoms with Gasteiger partial charge in [0.15, 0.2) is 5.69 Å². The molecule has 0 fully saturated rings. The lowest BCUT2D eigenvalue weighted by Crippen LogP contribution is -2.19. The van der Waals surface area contributed by atoms with E-state index in [4.69, 9.17) is 0 Å². The summed E-state index contributed by atoms with van der Waals surface area (Å²) in [4.78, 5) is 12.0. The van der Waals surface area contributed by atoms with E-state index >= 15 is 0 Å². The van der Waals surface area contributed by atoms with E-state index in [1.165, 1.54) is 13.3 Å². The highest BCUT2D eigenvalue weighted by atomic mass is 79.9. The molecule has 2 aromatic rings. The molecule has 0 atom stereocenters. The standard InChI is InChI=1S/C12H14BrFN6O/c1-6-8(11(14)20(4)17-6)5-15-16-12(21)10-9(13)7(2)19(3)18-10/h5H,1-4H3,(H,16,21)/b15-5+. The number of carbonyl (C=O) groups excluding carboxylic acids is 1. The number of hydrogen-bond donors (Lipinski definition) is 1. The molecule has 1 N–H and O–H groups in total. The number of aromatic nitrogens is 4. The number of amides is 1. The predicted molar refractivity (Wildman–Crippen MR) is 78.6 cm³/mol. The van der Waals surface area contributed by atoms with Gasteiger partial charge >= 0.3 is 0 Å². The lowest BCUT2D eigenvalue weighted by molar-refractivity contribution is 0.0948. The third-order valence-electron chi connectivity index (χ3n) is 3.03. The molecule has 0 aliphatic carbocycles. The minimum atomic E-state index is -0.514. The summed E-state index contributed by atoms with van der Waals surface area (Å²) in [6.07, 6.45) is 1.22. The van der Waals surface area contributed by atoms with E-state index in [0.717, 1.165) is 10.4 Å². The maximum Gasteiger partial charge on any atom is 0.293 e. The smallest absolute Gasteiger partial charge is 0.271 e. The van der Waals surface area contributed by atoms with Crippen LogP contribution in [0.3, 0.4) is 0 Å². The second-order valence-electron chi connectivity index (χ2n) is 4.48. The monoisotopic (exact) mass is 356 g/mol. The van der Waals surface area contributed by atoms with Crippen LogP contribution in [0, 0.1) is 19.8 Å². The van der Waals surface area contributed by atoms with Gasteiger partial charge in [0.05, 0.1) is 27.6 Å². The normalized spacial score (nSPS) is 11.3. The highest BCUT2D eigenvalue weighted by molar-refractivity contribution is 9.10. The van der Waals surface area contributed by atoms with Gasteiger partial charge in [0.2, 0.25) is 5.95 Å². The topological polar surface area (TPSA) is 77.1 Å². The molecule has 7 nitrogen and oxygen atoms in total. The molecule has 0 aliphatic heterocycles. The maximum atomic E-state index is 13.7. The van der Waals surface area contributed by atoms with Crippen molar-refractivity contribution in [2.45, 2.75) is 13.8 Å². The molecule has 0 aromatic carbocycles. The zero-order valence-electron chi connectivity index (χ0n) is 12.0. The van der Waals surface area contributed by atoms with Gasteiger partial charge in [-0.3, -0.25) is 9.48 Å². The Bertz CT molecular complexity index is 733. The van der Waals surface area contributed by atoms with Crippen LogP contribution in [0.4, 0.5) is 4.39 Å². The summed E-state index contributed by atoms with van der Waals surface area (Å²) in [5.74, 6) is -0.996. The van der Waals surface area contributed by atoms with E-state index in [2.05, 4.69) is 36.7 Å². The molecule has 2 rings (SSSR count). The molecular weight excluding hydrogens is 343 g/mol. The van der Waals surface area contributed by atoms with Crippen LogP contribution in [0.25, 0.3) is 0 Å². The van der Waals surface area contributed by atoms with Crippen molar-refractivity contribution in [2.75, 3.05) is 0 Å². The summed E-state index contributed by atoms with van der Waals surface area (Å²) >= 11 is 3.30. The number of hydrogen-bond acceptors (Lipinski definition) is 4. The van der Waals surface area contributed by atoms with E-state index in [0.29, 0.717) is 10.2 Å². The molecule has 0 aliphatic rings. The number of rotatable bonds is 3. The first kappa shape index (κ1) is 15.4. The molecule has 2 aromatic heterocycles. The second kappa shape index (κ2) is 5.76. The quantitative estimate of drug-likeness (QED) is 0.667. The molecule has 0 saturated heterocycles. The van der Waals surface area contributed by atoms with E-state index in [1.807, 2.05) is 6.92 Å². The van der Waals surface area contributed by atoms with Gasteiger partial charge in [-0.1, -0.05) is 0 Å². The number of hydrazone groups is 1. The third kappa shape index (κ3) is 2.87. The first-order valence-corrected chi connectivity index (χ1v) is 6.83. The summed E-state index contributed by atoms with van der Waals surface area (Å²) in [6, 6.07) is 0. The highest BCUT2D eigenvalue weighted by Crippen LogP contribution is 2.19. The van der Waals surface area contributed by atoms with Crippen LogP contribution in [0.2, 0.25) is 0 Å². The molecule has 0 radical (unpaired) electrons. The van der Waals surface area contributed by atoms with Crippen LogP contribution in [-0.4, -0.2) is 31.7 Å². The fraction of sp³-hybridized carbons (Fsp3) is 0.333. The summed E-state index contributed by atoms with van der Waals surface area (Å²) in [7, 11) is 3.22. The van der Waals surface area contributed by atoms with Crippen LogP contribution in [-0.2, 0) is 14.1 Å². The van der Waals surface area contributed by atoms with Crippen LogP contribution < -0.4 is 5.43 Å². The molecule has 0 saturated carbocycles.